The second-order valence-electron chi connectivity index (χ2n) is 7.06. The first kappa shape index (κ1) is 19.0. The Morgan fingerprint density at radius 1 is 1.00 bits per heavy atom. The molecule has 1 amide bonds. The maximum Gasteiger partial charge on any atom is 0.335 e. The summed E-state index contributed by atoms with van der Waals surface area (Å²) in [4.78, 5) is 25.3. The molecule has 5 heteroatoms. The van der Waals surface area contributed by atoms with E-state index in [2.05, 4.69) is 12.1 Å². The molecule has 0 aromatic heterocycles. The van der Waals surface area contributed by atoms with Gasteiger partial charge in [0.05, 0.1) is 19.1 Å². The number of rotatable bonds is 6. The van der Waals surface area contributed by atoms with Crippen LogP contribution in [0.2, 0.25) is 0 Å². The molecular formula is C22H25NO4. The van der Waals surface area contributed by atoms with Gasteiger partial charge in [-0.15, -0.1) is 0 Å². The number of aromatic carboxylic acids is 1. The van der Waals surface area contributed by atoms with Crippen LogP contribution >= 0.6 is 0 Å². The number of likely N-dealkylation sites (tertiary alicyclic amines) is 1. The van der Waals surface area contributed by atoms with E-state index >= 15 is 0 Å². The van der Waals surface area contributed by atoms with Crippen molar-refractivity contribution in [2.24, 2.45) is 5.92 Å². The average Bonchev–Trinajstić information content (AvgIpc) is 2.69. The van der Waals surface area contributed by atoms with Gasteiger partial charge in [-0.1, -0.05) is 24.3 Å². The number of carboxylic acid groups (broad SMARTS) is 1. The number of carbonyl (C=O) groups is 2. The van der Waals surface area contributed by atoms with Crippen molar-refractivity contribution in [3.8, 4) is 5.75 Å². The first-order valence-electron chi connectivity index (χ1n) is 9.28. The highest BCUT2D eigenvalue weighted by molar-refractivity contribution is 5.87. The van der Waals surface area contributed by atoms with Gasteiger partial charge < -0.3 is 14.7 Å². The Morgan fingerprint density at radius 2 is 1.59 bits per heavy atom. The van der Waals surface area contributed by atoms with Crippen molar-refractivity contribution in [1.82, 2.24) is 4.90 Å². The largest absolute Gasteiger partial charge is 0.497 e. The monoisotopic (exact) mass is 367 g/mol. The fraction of sp³-hybridized carbons (Fsp3) is 0.364. The summed E-state index contributed by atoms with van der Waals surface area (Å²) in [6.45, 7) is 1.57. The van der Waals surface area contributed by atoms with Crippen molar-refractivity contribution in [2.75, 3.05) is 20.2 Å². The number of benzene rings is 2. The summed E-state index contributed by atoms with van der Waals surface area (Å²) in [6, 6.07) is 14.7. The Labute approximate surface area is 159 Å². The van der Waals surface area contributed by atoms with Crippen molar-refractivity contribution in [3.63, 3.8) is 0 Å². The van der Waals surface area contributed by atoms with Gasteiger partial charge in [0, 0.05) is 13.1 Å². The minimum Gasteiger partial charge on any atom is -0.497 e. The maximum absolute atomic E-state index is 12.5. The molecule has 2 aromatic rings. The fourth-order valence-corrected chi connectivity index (χ4v) is 3.53. The highest BCUT2D eigenvalue weighted by Crippen LogP contribution is 2.23. The lowest BCUT2D eigenvalue weighted by atomic mass is 9.90. The molecule has 0 bridgehead atoms. The van der Waals surface area contributed by atoms with Crippen molar-refractivity contribution in [1.29, 1.82) is 0 Å². The van der Waals surface area contributed by atoms with Gasteiger partial charge in [0.2, 0.25) is 5.91 Å². The first-order chi connectivity index (χ1) is 13.0. The van der Waals surface area contributed by atoms with Gasteiger partial charge in [-0.2, -0.15) is 0 Å². The number of methoxy groups -OCH3 is 1. The van der Waals surface area contributed by atoms with Gasteiger partial charge in [0.15, 0.2) is 0 Å². The Hall–Kier alpha value is -2.82. The third-order valence-corrected chi connectivity index (χ3v) is 5.21. The lowest BCUT2D eigenvalue weighted by molar-refractivity contribution is -0.131. The second-order valence-corrected chi connectivity index (χ2v) is 7.06. The molecule has 0 atom stereocenters. The molecule has 5 nitrogen and oxygen atoms in total. The average molecular weight is 367 g/mol. The fourth-order valence-electron chi connectivity index (χ4n) is 3.53. The lowest BCUT2D eigenvalue weighted by Gasteiger charge is -2.32. The minimum absolute atomic E-state index is 0.112. The van der Waals surface area contributed by atoms with Crippen LogP contribution in [0.15, 0.2) is 48.5 Å². The maximum atomic E-state index is 12.5. The predicted molar refractivity (Wildman–Crippen MR) is 103 cm³/mol. The summed E-state index contributed by atoms with van der Waals surface area (Å²) in [5.74, 6) is 0.626. The second kappa shape index (κ2) is 8.71. The number of amides is 1. The normalized spacial score (nSPS) is 14.8. The zero-order valence-corrected chi connectivity index (χ0v) is 15.6. The SMILES string of the molecule is COc1ccc(CC2CCN(C(=O)Cc3ccc(C(=O)O)cc3)CC2)cc1. The van der Waals surface area contributed by atoms with E-state index in [1.807, 2.05) is 17.0 Å². The predicted octanol–water partition coefficient (Wildman–Crippen LogP) is 3.42. The molecular weight excluding hydrogens is 342 g/mol. The van der Waals surface area contributed by atoms with Crippen molar-refractivity contribution in [3.05, 3.63) is 65.2 Å². The standard InChI is InChI=1S/C22H25NO4/c1-27-20-8-4-16(5-9-20)14-18-10-12-23(13-11-18)21(24)15-17-2-6-19(7-3-17)22(25)26/h2-9,18H,10-15H2,1H3,(H,25,26). The van der Waals surface area contributed by atoms with E-state index in [1.165, 1.54) is 5.56 Å². The molecule has 2 aromatic carbocycles. The van der Waals surface area contributed by atoms with Crippen LogP contribution in [0.4, 0.5) is 0 Å². The summed E-state index contributed by atoms with van der Waals surface area (Å²) in [5, 5.41) is 8.94. The van der Waals surface area contributed by atoms with E-state index in [9.17, 15) is 9.59 Å². The third-order valence-electron chi connectivity index (χ3n) is 5.21. The van der Waals surface area contributed by atoms with Crippen LogP contribution in [-0.2, 0) is 17.6 Å². The summed E-state index contributed by atoms with van der Waals surface area (Å²) in [6.07, 6.45) is 3.37. The van der Waals surface area contributed by atoms with Gasteiger partial charge in [0.25, 0.3) is 0 Å². The van der Waals surface area contributed by atoms with E-state index in [-0.39, 0.29) is 11.5 Å². The highest BCUT2D eigenvalue weighted by atomic mass is 16.5. The molecule has 27 heavy (non-hydrogen) atoms. The summed E-state index contributed by atoms with van der Waals surface area (Å²) < 4.78 is 5.19. The van der Waals surface area contributed by atoms with Crippen molar-refractivity contribution in [2.45, 2.75) is 25.7 Å². The van der Waals surface area contributed by atoms with Crippen LogP contribution in [0, 0.1) is 5.92 Å². The molecule has 3 rings (SSSR count). The topological polar surface area (TPSA) is 66.8 Å². The Balaban J connectivity index is 1.47. The third kappa shape index (κ3) is 5.09. The number of piperidine rings is 1. The summed E-state index contributed by atoms with van der Waals surface area (Å²) in [5.41, 5.74) is 2.40. The lowest BCUT2D eigenvalue weighted by Crippen LogP contribution is -2.39. The highest BCUT2D eigenvalue weighted by Gasteiger charge is 2.23. The van der Waals surface area contributed by atoms with Gasteiger partial charge in [0.1, 0.15) is 5.75 Å². The molecule has 1 fully saturated rings. The Bertz CT molecular complexity index is 775. The molecule has 0 spiro atoms. The van der Waals surface area contributed by atoms with Gasteiger partial charge >= 0.3 is 5.97 Å². The number of carbonyl (C=O) groups excluding carboxylic acids is 1. The van der Waals surface area contributed by atoms with E-state index < -0.39 is 5.97 Å². The zero-order valence-electron chi connectivity index (χ0n) is 15.6. The molecule has 0 aliphatic carbocycles. The number of nitrogens with zero attached hydrogens (tertiary/aromatic N) is 1. The number of hydrogen-bond donors (Lipinski definition) is 1. The van der Waals surface area contributed by atoms with Crippen LogP contribution in [0.1, 0.15) is 34.3 Å². The van der Waals surface area contributed by atoms with Crippen LogP contribution in [0.25, 0.3) is 0 Å². The Kier molecular flexibility index (Phi) is 6.12. The van der Waals surface area contributed by atoms with Crippen LogP contribution < -0.4 is 4.74 Å². The van der Waals surface area contributed by atoms with Gasteiger partial charge in [-0.05, 0) is 60.6 Å². The smallest absolute Gasteiger partial charge is 0.335 e. The number of carboxylic acids is 1. The molecule has 1 N–H and O–H groups in total. The summed E-state index contributed by atoms with van der Waals surface area (Å²) >= 11 is 0. The van der Waals surface area contributed by atoms with Crippen molar-refractivity contribution < 1.29 is 19.4 Å². The van der Waals surface area contributed by atoms with Crippen LogP contribution in [0.3, 0.4) is 0 Å². The summed E-state index contributed by atoms with van der Waals surface area (Å²) in [7, 11) is 1.67. The van der Waals surface area contributed by atoms with E-state index in [0.29, 0.717) is 12.3 Å². The number of hydrogen-bond acceptors (Lipinski definition) is 3. The minimum atomic E-state index is -0.952. The quantitative estimate of drug-likeness (QED) is 0.850. The van der Waals surface area contributed by atoms with Gasteiger partial charge in [-0.3, -0.25) is 4.79 Å². The van der Waals surface area contributed by atoms with E-state index in [0.717, 1.165) is 43.7 Å². The number of ether oxygens (including phenoxy) is 1. The van der Waals surface area contributed by atoms with E-state index in [4.69, 9.17) is 9.84 Å². The molecule has 1 saturated heterocycles. The molecule has 0 radical (unpaired) electrons. The molecule has 1 aliphatic rings. The molecule has 0 unspecified atom stereocenters. The molecule has 1 heterocycles. The van der Waals surface area contributed by atoms with Crippen molar-refractivity contribution >= 4 is 11.9 Å². The molecule has 142 valence electrons. The van der Waals surface area contributed by atoms with E-state index in [1.54, 1.807) is 31.4 Å². The molecule has 0 saturated carbocycles. The van der Waals surface area contributed by atoms with Crippen LogP contribution in [-0.4, -0.2) is 42.1 Å². The Morgan fingerprint density at radius 3 is 2.15 bits per heavy atom. The molecule has 1 aliphatic heterocycles. The van der Waals surface area contributed by atoms with Gasteiger partial charge in [-0.25, -0.2) is 4.79 Å². The van der Waals surface area contributed by atoms with Crippen LogP contribution in [0.5, 0.6) is 5.75 Å². The zero-order chi connectivity index (χ0) is 19.2. The first-order valence-corrected chi connectivity index (χ1v) is 9.28.